The number of rotatable bonds is 6. The SMILES string of the molecule is CCNC(=O)c1cnc(Cl)cc1Nc1cccc(-c2ncc(F)cn2)c1OC. The van der Waals surface area contributed by atoms with Crippen molar-refractivity contribution in [2.24, 2.45) is 0 Å². The van der Waals surface area contributed by atoms with E-state index in [-0.39, 0.29) is 11.1 Å². The lowest BCUT2D eigenvalue weighted by Gasteiger charge is -2.16. The molecule has 7 nitrogen and oxygen atoms in total. The molecule has 0 radical (unpaired) electrons. The van der Waals surface area contributed by atoms with E-state index in [9.17, 15) is 9.18 Å². The summed E-state index contributed by atoms with van der Waals surface area (Å²) in [6, 6.07) is 6.83. The van der Waals surface area contributed by atoms with Gasteiger partial charge < -0.3 is 15.4 Å². The van der Waals surface area contributed by atoms with Gasteiger partial charge in [0.25, 0.3) is 5.91 Å². The highest BCUT2D eigenvalue weighted by molar-refractivity contribution is 6.29. The lowest BCUT2D eigenvalue weighted by molar-refractivity contribution is 0.0956. The number of amides is 1. The zero-order chi connectivity index (χ0) is 20.1. The Balaban J connectivity index is 2.04. The van der Waals surface area contributed by atoms with E-state index in [0.717, 1.165) is 12.4 Å². The summed E-state index contributed by atoms with van der Waals surface area (Å²) in [5.41, 5.74) is 1.91. The average Bonchev–Trinajstić information content (AvgIpc) is 2.68. The van der Waals surface area contributed by atoms with Crippen LogP contribution >= 0.6 is 11.6 Å². The first-order chi connectivity index (χ1) is 13.5. The summed E-state index contributed by atoms with van der Waals surface area (Å²) in [5, 5.41) is 6.11. The minimum Gasteiger partial charge on any atom is -0.494 e. The number of hydrogen-bond acceptors (Lipinski definition) is 6. The topological polar surface area (TPSA) is 89.0 Å². The van der Waals surface area contributed by atoms with Crippen molar-refractivity contribution < 1.29 is 13.9 Å². The third-order valence-corrected chi connectivity index (χ3v) is 4.01. The number of pyridine rings is 1. The number of aromatic nitrogens is 3. The van der Waals surface area contributed by atoms with Crippen molar-refractivity contribution in [2.75, 3.05) is 19.0 Å². The van der Waals surface area contributed by atoms with Crippen molar-refractivity contribution in [1.29, 1.82) is 0 Å². The molecule has 0 fully saturated rings. The van der Waals surface area contributed by atoms with Gasteiger partial charge in [-0.2, -0.15) is 0 Å². The number of nitrogens with one attached hydrogen (secondary N) is 2. The van der Waals surface area contributed by atoms with Crippen LogP contribution in [0.15, 0.2) is 42.9 Å². The molecule has 0 atom stereocenters. The highest BCUT2D eigenvalue weighted by Crippen LogP contribution is 2.37. The van der Waals surface area contributed by atoms with Crippen LogP contribution in [0.25, 0.3) is 11.4 Å². The van der Waals surface area contributed by atoms with E-state index in [1.54, 1.807) is 24.3 Å². The molecule has 28 heavy (non-hydrogen) atoms. The predicted octanol–water partition coefficient (Wildman–Crippen LogP) is 3.83. The number of methoxy groups -OCH3 is 1. The summed E-state index contributed by atoms with van der Waals surface area (Å²) < 4.78 is 18.7. The largest absolute Gasteiger partial charge is 0.494 e. The number of hydrogen-bond donors (Lipinski definition) is 2. The Bertz CT molecular complexity index is 998. The van der Waals surface area contributed by atoms with E-state index < -0.39 is 5.82 Å². The standard InChI is InChI=1S/C19H17ClFN5O2/c1-3-22-19(27)13-10-23-16(20)7-15(13)26-14-6-4-5-12(17(14)28-2)18-24-8-11(21)9-25-18/h4-10H,3H2,1-2H3,(H,22,27)(H,23,26). The number of benzene rings is 1. The average molecular weight is 402 g/mol. The van der Waals surface area contributed by atoms with Crippen molar-refractivity contribution in [3.05, 3.63) is 59.4 Å². The molecule has 144 valence electrons. The maximum absolute atomic E-state index is 13.1. The first-order valence-electron chi connectivity index (χ1n) is 8.39. The van der Waals surface area contributed by atoms with Crippen molar-refractivity contribution in [3.8, 4) is 17.1 Å². The number of nitrogens with zero attached hydrogens (tertiary/aromatic N) is 3. The third kappa shape index (κ3) is 4.17. The first-order valence-corrected chi connectivity index (χ1v) is 8.77. The molecule has 1 amide bonds. The van der Waals surface area contributed by atoms with E-state index in [1.165, 1.54) is 13.3 Å². The van der Waals surface area contributed by atoms with Gasteiger partial charge in [-0.3, -0.25) is 4.79 Å². The van der Waals surface area contributed by atoms with E-state index >= 15 is 0 Å². The van der Waals surface area contributed by atoms with Gasteiger partial charge in [-0.25, -0.2) is 19.3 Å². The molecule has 0 aliphatic carbocycles. The van der Waals surface area contributed by atoms with E-state index in [4.69, 9.17) is 16.3 Å². The number of anilines is 2. The smallest absolute Gasteiger partial charge is 0.254 e. The van der Waals surface area contributed by atoms with Crippen LogP contribution < -0.4 is 15.4 Å². The first kappa shape index (κ1) is 19.5. The van der Waals surface area contributed by atoms with Gasteiger partial charge in [0.15, 0.2) is 17.4 Å². The van der Waals surface area contributed by atoms with Crippen molar-refractivity contribution in [2.45, 2.75) is 6.92 Å². The molecule has 9 heteroatoms. The molecule has 0 bridgehead atoms. The highest BCUT2D eigenvalue weighted by Gasteiger charge is 2.17. The number of halogens is 2. The molecule has 0 aliphatic rings. The second-order valence-corrected chi connectivity index (χ2v) is 6.04. The molecule has 3 rings (SSSR count). The van der Waals surface area contributed by atoms with E-state index in [2.05, 4.69) is 25.6 Å². The molecular weight excluding hydrogens is 385 g/mol. The summed E-state index contributed by atoms with van der Waals surface area (Å²) in [4.78, 5) is 24.3. The summed E-state index contributed by atoms with van der Waals surface area (Å²) in [6.45, 7) is 2.30. The maximum Gasteiger partial charge on any atom is 0.254 e. The van der Waals surface area contributed by atoms with Crippen LogP contribution in [0.2, 0.25) is 5.15 Å². The third-order valence-electron chi connectivity index (χ3n) is 3.80. The summed E-state index contributed by atoms with van der Waals surface area (Å²) >= 11 is 6.01. The van der Waals surface area contributed by atoms with E-state index in [1.807, 2.05) is 6.92 Å². The van der Waals surface area contributed by atoms with Crippen LogP contribution in [0, 0.1) is 5.82 Å². The Hall–Kier alpha value is -3.26. The molecule has 1 aromatic carbocycles. The van der Waals surface area contributed by atoms with Gasteiger partial charge in [-0.15, -0.1) is 0 Å². The fourth-order valence-corrected chi connectivity index (χ4v) is 2.76. The Morgan fingerprint density at radius 3 is 2.61 bits per heavy atom. The van der Waals surface area contributed by atoms with E-state index in [0.29, 0.717) is 40.6 Å². The lowest BCUT2D eigenvalue weighted by atomic mass is 10.1. The molecule has 2 heterocycles. The molecule has 2 N–H and O–H groups in total. The van der Waals surface area contributed by atoms with Crippen LogP contribution in [0.1, 0.15) is 17.3 Å². The Morgan fingerprint density at radius 1 is 1.18 bits per heavy atom. The molecule has 0 unspecified atom stereocenters. The molecule has 0 saturated heterocycles. The molecule has 2 aromatic heterocycles. The van der Waals surface area contributed by atoms with Crippen LogP contribution in [0.5, 0.6) is 5.75 Å². The minimum absolute atomic E-state index is 0.229. The number of ether oxygens (including phenoxy) is 1. The van der Waals surface area contributed by atoms with Crippen LogP contribution in [-0.2, 0) is 0 Å². The monoisotopic (exact) mass is 401 g/mol. The van der Waals surface area contributed by atoms with Crippen molar-refractivity contribution in [1.82, 2.24) is 20.3 Å². The zero-order valence-electron chi connectivity index (χ0n) is 15.2. The van der Waals surface area contributed by atoms with Crippen molar-refractivity contribution >= 4 is 28.9 Å². The normalized spacial score (nSPS) is 10.4. The molecular formula is C19H17ClFN5O2. The van der Waals surface area contributed by atoms with Gasteiger partial charge in [0.2, 0.25) is 0 Å². The lowest BCUT2D eigenvalue weighted by Crippen LogP contribution is -2.23. The van der Waals surface area contributed by atoms with Gasteiger partial charge in [0.05, 0.1) is 42.0 Å². The zero-order valence-corrected chi connectivity index (χ0v) is 15.9. The molecule has 0 spiro atoms. The Kier molecular flexibility index (Phi) is 6.00. The quantitative estimate of drug-likeness (QED) is 0.610. The van der Waals surface area contributed by atoms with Crippen LogP contribution in [0.4, 0.5) is 15.8 Å². The van der Waals surface area contributed by atoms with Gasteiger partial charge in [-0.1, -0.05) is 17.7 Å². The second-order valence-electron chi connectivity index (χ2n) is 5.65. The summed E-state index contributed by atoms with van der Waals surface area (Å²) in [5.74, 6) is -0.0799. The Labute approximate surface area is 166 Å². The number of carbonyl (C=O) groups excluding carboxylic acids is 1. The molecule has 0 saturated carbocycles. The summed E-state index contributed by atoms with van der Waals surface area (Å²) in [6.07, 6.45) is 3.56. The molecule has 3 aromatic rings. The number of para-hydroxylation sites is 1. The summed E-state index contributed by atoms with van der Waals surface area (Å²) in [7, 11) is 1.50. The predicted molar refractivity (Wildman–Crippen MR) is 105 cm³/mol. The van der Waals surface area contributed by atoms with Gasteiger partial charge in [-0.05, 0) is 25.1 Å². The van der Waals surface area contributed by atoms with Crippen LogP contribution in [-0.4, -0.2) is 34.5 Å². The van der Waals surface area contributed by atoms with Crippen LogP contribution in [0.3, 0.4) is 0 Å². The minimum atomic E-state index is -0.532. The van der Waals surface area contributed by atoms with Gasteiger partial charge >= 0.3 is 0 Å². The second kappa shape index (κ2) is 8.62. The maximum atomic E-state index is 13.1. The highest BCUT2D eigenvalue weighted by atomic mass is 35.5. The fourth-order valence-electron chi connectivity index (χ4n) is 2.60. The van der Waals surface area contributed by atoms with Gasteiger partial charge in [0, 0.05) is 12.7 Å². The van der Waals surface area contributed by atoms with Crippen molar-refractivity contribution in [3.63, 3.8) is 0 Å². The van der Waals surface area contributed by atoms with Gasteiger partial charge in [0.1, 0.15) is 5.15 Å². The molecule has 0 aliphatic heterocycles. The number of carbonyl (C=O) groups is 1. The fraction of sp³-hybridized carbons (Fsp3) is 0.158. The Morgan fingerprint density at radius 2 is 1.93 bits per heavy atom.